The molecule has 0 aliphatic heterocycles. The van der Waals surface area contributed by atoms with E-state index in [2.05, 4.69) is 5.92 Å². The van der Waals surface area contributed by atoms with E-state index in [1.165, 1.54) is 0 Å². The summed E-state index contributed by atoms with van der Waals surface area (Å²) < 4.78 is 10.2. The predicted octanol–water partition coefficient (Wildman–Crippen LogP) is 2.77. The van der Waals surface area contributed by atoms with Crippen LogP contribution in [0.5, 0.6) is 11.5 Å². The van der Waals surface area contributed by atoms with Crippen molar-refractivity contribution in [2.45, 2.75) is 12.0 Å². The molecule has 0 spiro atoms. The van der Waals surface area contributed by atoms with Crippen LogP contribution in [0, 0.1) is 12.3 Å². The molecule has 1 unspecified atom stereocenters. The lowest BCUT2D eigenvalue weighted by Crippen LogP contribution is -2.26. The highest BCUT2D eigenvalue weighted by atomic mass is 16.5. The van der Waals surface area contributed by atoms with Gasteiger partial charge in [-0.1, -0.05) is 30.2 Å². The Hall–Kier alpha value is -2.44. The van der Waals surface area contributed by atoms with Crippen LogP contribution in [0.4, 0.5) is 0 Å². The summed E-state index contributed by atoms with van der Waals surface area (Å²) in [5, 5.41) is 10.7. The molecule has 2 rings (SSSR count). The average molecular weight is 282 g/mol. The summed E-state index contributed by atoms with van der Waals surface area (Å²) in [5.74, 6) is 3.99. The van der Waals surface area contributed by atoms with Crippen LogP contribution in [0.2, 0.25) is 0 Å². The number of hydrogen-bond acceptors (Lipinski definition) is 3. The quantitative estimate of drug-likeness (QED) is 0.857. The number of rotatable bonds is 5. The lowest BCUT2D eigenvalue weighted by Gasteiger charge is -2.23. The van der Waals surface area contributed by atoms with Gasteiger partial charge >= 0.3 is 0 Å². The van der Waals surface area contributed by atoms with Crippen molar-refractivity contribution in [1.29, 1.82) is 0 Å². The molecule has 0 aliphatic carbocycles. The highest BCUT2D eigenvalue weighted by Gasteiger charge is 2.27. The topological polar surface area (TPSA) is 38.7 Å². The first kappa shape index (κ1) is 15.0. The molecule has 2 aromatic carbocycles. The van der Waals surface area contributed by atoms with E-state index in [1.54, 1.807) is 38.5 Å². The fraction of sp³-hybridized carbons (Fsp3) is 0.222. The molecule has 0 fully saturated rings. The summed E-state index contributed by atoms with van der Waals surface area (Å²) in [5.41, 5.74) is 0.259. The molecule has 21 heavy (non-hydrogen) atoms. The molecule has 108 valence electrons. The number of terminal acetylenes is 1. The van der Waals surface area contributed by atoms with Gasteiger partial charge in [0.25, 0.3) is 0 Å². The molecule has 0 saturated carbocycles. The molecule has 0 radical (unpaired) electrons. The molecule has 3 nitrogen and oxygen atoms in total. The van der Waals surface area contributed by atoms with E-state index < -0.39 is 5.60 Å². The molecule has 0 amide bonds. The maximum absolute atomic E-state index is 10.7. The van der Waals surface area contributed by atoms with E-state index in [9.17, 15) is 5.11 Å². The molecule has 0 heterocycles. The average Bonchev–Trinajstić information content (AvgIpc) is 2.55. The summed E-state index contributed by atoms with van der Waals surface area (Å²) in [7, 11) is 3.21. The van der Waals surface area contributed by atoms with Crippen LogP contribution in [0.3, 0.4) is 0 Å². The van der Waals surface area contributed by atoms with Gasteiger partial charge < -0.3 is 14.6 Å². The molecule has 1 N–H and O–H groups in total. The van der Waals surface area contributed by atoms with Gasteiger partial charge in [-0.15, -0.1) is 6.42 Å². The molecule has 2 aromatic rings. The maximum atomic E-state index is 10.7. The monoisotopic (exact) mass is 282 g/mol. The van der Waals surface area contributed by atoms with Gasteiger partial charge in [0.1, 0.15) is 11.5 Å². The van der Waals surface area contributed by atoms with E-state index in [0.29, 0.717) is 12.0 Å². The summed E-state index contributed by atoms with van der Waals surface area (Å²) in [6.07, 6.45) is 5.89. The van der Waals surface area contributed by atoms with Crippen LogP contribution < -0.4 is 9.47 Å². The molecule has 0 saturated heterocycles. The molecule has 0 bridgehead atoms. The lowest BCUT2D eigenvalue weighted by atomic mass is 9.88. The minimum Gasteiger partial charge on any atom is -0.497 e. The Labute approximate surface area is 125 Å². The minimum absolute atomic E-state index is 0.333. The first-order chi connectivity index (χ1) is 10.1. The second-order valence-corrected chi connectivity index (χ2v) is 4.76. The van der Waals surface area contributed by atoms with E-state index in [4.69, 9.17) is 15.9 Å². The molecular weight excluding hydrogens is 264 g/mol. The summed E-state index contributed by atoms with van der Waals surface area (Å²) in [4.78, 5) is 0. The van der Waals surface area contributed by atoms with Crippen LogP contribution in [0.25, 0.3) is 0 Å². The third-order valence-electron chi connectivity index (χ3n) is 3.43. The van der Waals surface area contributed by atoms with E-state index in [1.807, 2.05) is 24.3 Å². The van der Waals surface area contributed by atoms with Gasteiger partial charge in [-0.05, 0) is 35.4 Å². The zero-order valence-corrected chi connectivity index (χ0v) is 12.2. The Balaban J connectivity index is 2.25. The Bertz CT molecular complexity index is 623. The third kappa shape index (κ3) is 3.36. The SMILES string of the molecule is C#CC(O)(Cc1ccc(OC)cc1)c1ccc(OC)cc1. The molecule has 1 atom stereocenters. The van der Waals surface area contributed by atoms with Gasteiger partial charge in [0.15, 0.2) is 5.60 Å². The van der Waals surface area contributed by atoms with Crippen molar-refractivity contribution >= 4 is 0 Å². The number of methoxy groups -OCH3 is 2. The lowest BCUT2D eigenvalue weighted by molar-refractivity contribution is 0.101. The van der Waals surface area contributed by atoms with Crippen LogP contribution >= 0.6 is 0 Å². The first-order valence-electron chi connectivity index (χ1n) is 6.59. The Kier molecular flexibility index (Phi) is 4.52. The zero-order chi connectivity index (χ0) is 15.3. The van der Waals surface area contributed by atoms with Crippen molar-refractivity contribution in [2.75, 3.05) is 14.2 Å². The molecule has 0 aliphatic rings. The van der Waals surface area contributed by atoms with Gasteiger partial charge in [0.05, 0.1) is 14.2 Å². The first-order valence-corrected chi connectivity index (χ1v) is 6.59. The maximum Gasteiger partial charge on any atom is 0.154 e. The predicted molar refractivity (Wildman–Crippen MR) is 82.4 cm³/mol. The van der Waals surface area contributed by atoms with Crippen molar-refractivity contribution in [2.24, 2.45) is 0 Å². The van der Waals surface area contributed by atoms with Gasteiger partial charge in [-0.3, -0.25) is 0 Å². The Morgan fingerprint density at radius 2 is 1.43 bits per heavy atom. The van der Waals surface area contributed by atoms with Gasteiger partial charge in [0, 0.05) is 6.42 Å². The fourth-order valence-corrected chi connectivity index (χ4v) is 2.14. The minimum atomic E-state index is -1.35. The van der Waals surface area contributed by atoms with E-state index in [0.717, 1.165) is 17.1 Å². The molecule has 3 heteroatoms. The molecular formula is C18H18O3. The number of ether oxygens (including phenoxy) is 2. The Morgan fingerprint density at radius 3 is 1.86 bits per heavy atom. The third-order valence-corrected chi connectivity index (χ3v) is 3.43. The van der Waals surface area contributed by atoms with Crippen molar-refractivity contribution < 1.29 is 14.6 Å². The summed E-state index contributed by atoms with van der Waals surface area (Å²) in [6, 6.07) is 14.6. The van der Waals surface area contributed by atoms with Gasteiger partial charge in [0.2, 0.25) is 0 Å². The van der Waals surface area contributed by atoms with E-state index in [-0.39, 0.29) is 0 Å². The smallest absolute Gasteiger partial charge is 0.154 e. The zero-order valence-electron chi connectivity index (χ0n) is 12.2. The second-order valence-electron chi connectivity index (χ2n) is 4.76. The number of benzene rings is 2. The normalized spacial score (nSPS) is 13.0. The van der Waals surface area contributed by atoms with E-state index >= 15 is 0 Å². The van der Waals surface area contributed by atoms with Crippen LogP contribution in [0.1, 0.15) is 11.1 Å². The largest absolute Gasteiger partial charge is 0.497 e. The number of hydrogen-bond donors (Lipinski definition) is 1. The highest BCUT2D eigenvalue weighted by molar-refractivity contribution is 5.38. The second kappa shape index (κ2) is 6.34. The van der Waals surface area contributed by atoms with Crippen molar-refractivity contribution in [3.63, 3.8) is 0 Å². The van der Waals surface area contributed by atoms with Gasteiger partial charge in [-0.25, -0.2) is 0 Å². The number of aliphatic hydroxyl groups is 1. The standard InChI is InChI=1S/C18H18O3/c1-4-18(19,15-7-11-17(21-3)12-8-15)13-14-5-9-16(20-2)10-6-14/h1,5-12,19H,13H2,2-3H3. The van der Waals surface area contributed by atoms with Crippen molar-refractivity contribution in [3.8, 4) is 23.8 Å². The van der Waals surface area contributed by atoms with Crippen molar-refractivity contribution in [3.05, 3.63) is 59.7 Å². The summed E-state index contributed by atoms with van der Waals surface area (Å²) >= 11 is 0. The fourth-order valence-electron chi connectivity index (χ4n) is 2.14. The Morgan fingerprint density at radius 1 is 0.952 bits per heavy atom. The van der Waals surface area contributed by atoms with Crippen LogP contribution in [0.15, 0.2) is 48.5 Å². The van der Waals surface area contributed by atoms with Crippen molar-refractivity contribution in [1.82, 2.24) is 0 Å². The molecule has 0 aromatic heterocycles. The highest BCUT2D eigenvalue weighted by Crippen LogP contribution is 2.27. The summed E-state index contributed by atoms with van der Waals surface area (Å²) in [6.45, 7) is 0. The van der Waals surface area contributed by atoms with Gasteiger partial charge in [-0.2, -0.15) is 0 Å². The van der Waals surface area contributed by atoms with Crippen LogP contribution in [-0.2, 0) is 12.0 Å². The van der Waals surface area contributed by atoms with Crippen LogP contribution in [-0.4, -0.2) is 19.3 Å².